The highest BCUT2D eigenvalue weighted by atomic mass is 35.5. The van der Waals surface area contributed by atoms with Crippen LogP contribution >= 0.6 is 11.6 Å². The van der Waals surface area contributed by atoms with Crippen molar-refractivity contribution in [1.29, 1.82) is 0 Å². The van der Waals surface area contributed by atoms with Crippen LogP contribution in [-0.2, 0) is 0 Å². The monoisotopic (exact) mass is 269 g/mol. The van der Waals surface area contributed by atoms with Crippen molar-refractivity contribution in [1.82, 2.24) is 9.88 Å². The molecule has 0 spiro atoms. The molecule has 0 unspecified atom stereocenters. The van der Waals surface area contributed by atoms with Crippen LogP contribution in [0.4, 0.5) is 10.5 Å². The van der Waals surface area contributed by atoms with Gasteiger partial charge in [-0.1, -0.05) is 11.6 Å². The number of anilines is 1. The predicted molar refractivity (Wildman–Crippen MR) is 69.9 cm³/mol. The molecule has 0 radical (unpaired) electrons. The molecule has 1 fully saturated rings. The number of rotatable bonds is 2. The average molecular weight is 270 g/mol. The van der Waals surface area contributed by atoms with Crippen molar-refractivity contribution in [3.8, 4) is 0 Å². The second-order valence-corrected chi connectivity index (χ2v) is 4.64. The summed E-state index contributed by atoms with van der Waals surface area (Å²) < 4.78 is 0. The summed E-state index contributed by atoms with van der Waals surface area (Å²) in [6.45, 7) is 3.44. The molecule has 18 heavy (non-hydrogen) atoms. The Morgan fingerprint density at radius 2 is 2.50 bits per heavy atom. The van der Waals surface area contributed by atoms with Gasteiger partial charge in [0, 0.05) is 31.5 Å². The number of aromatic nitrogens is 1. The number of aliphatic hydroxyl groups is 1. The molecule has 2 amide bonds. The summed E-state index contributed by atoms with van der Waals surface area (Å²) in [6, 6.07) is 3.31. The molecule has 2 rings (SSSR count). The number of carbonyl (C=O) groups excluding carboxylic acids is 1. The molecule has 1 aromatic heterocycles. The summed E-state index contributed by atoms with van der Waals surface area (Å²) >= 11 is 5.83. The number of urea groups is 1. The van der Waals surface area contributed by atoms with E-state index in [1.807, 2.05) is 6.92 Å². The zero-order valence-corrected chi connectivity index (χ0v) is 11.0. The minimum Gasteiger partial charge on any atom is -0.391 e. The van der Waals surface area contributed by atoms with Crippen molar-refractivity contribution in [3.05, 3.63) is 23.5 Å². The third-order valence-electron chi connectivity index (χ3n) is 3.00. The Morgan fingerprint density at radius 1 is 1.72 bits per heavy atom. The van der Waals surface area contributed by atoms with E-state index in [0.29, 0.717) is 31.2 Å². The van der Waals surface area contributed by atoms with Crippen LogP contribution in [0.15, 0.2) is 18.3 Å². The first-order chi connectivity index (χ1) is 8.61. The smallest absolute Gasteiger partial charge is 0.324 e. The van der Waals surface area contributed by atoms with Gasteiger partial charge in [-0.3, -0.25) is 4.90 Å². The normalized spacial score (nSPS) is 19.1. The van der Waals surface area contributed by atoms with E-state index in [1.165, 1.54) is 0 Å². The van der Waals surface area contributed by atoms with E-state index in [2.05, 4.69) is 4.98 Å². The summed E-state index contributed by atoms with van der Waals surface area (Å²) in [6.07, 6.45) is 1.81. The van der Waals surface area contributed by atoms with Crippen molar-refractivity contribution in [2.45, 2.75) is 19.4 Å². The van der Waals surface area contributed by atoms with Gasteiger partial charge in [-0.15, -0.1) is 0 Å². The molecule has 1 aliphatic heterocycles. The van der Waals surface area contributed by atoms with Crippen molar-refractivity contribution >= 4 is 23.3 Å². The Balaban J connectivity index is 2.15. The van der Waals surface area contributed by atoms with E-state index in [0.717, 1.165) is 5.69 Å². The highest BCUT2D eigenvalue weighted by Crippen LogP contribution is 2.20. The van der Waals surface area contributed by atoms with Gasteiger partial charge < -0.3 is 10.0 Å². The SMILES string of the molecule is CCN(C(=O)N1CC[C@@H](O)C1)c1ccnc(Cl)c1. The van der Waals surface area contributed by atoms with Crippen molar-refractivity contribution in [2.24, 2.45) is 0 Å². The van der Waals surface area contributed by atoms with Crippen LogP contribution in [-0.4, -0.2) is 46.8 Å². The van der Waals surface area contributed by atoms with Crippen LogP contribution in [0, 0.1) is 0 Å². The predicted octanol–water partition coefficient (Wildman–Crippen LogP) is 1.75. The van der Waals surface area contributed by atoms with Crippen LogP contribution < -0.4 is 4.90 Å². The zero-order chi connectivity index (χ0) is 13.1. The molecule has 98 valence electrons. The maximum Gasteiger partial charge on any atom is 0.324 e. The molecule has 5 nitrogen and oxygen atoms in total. The van der Waals surface area contributed by atoms with E-state index >= 15 is 0 Å². The molecule has 1 atom stereocenters. The van der Waals surface area contributed by atoms with E-state index in [1.54, 1.807) is 28.1 Å². The molecule has 6 heteroatoms. The lowest BCUT2D eigenvalue weighted by molar-refractivity contribution is 0.174. The number of halogens is 1. The highest BCUT2D eigenvalue weighted by molar-refractivity contribution is 6.29. The lowest BCUT2D eigenvalue weighted by Crippen LogP contribution is -2.42. The van der Waals surface area contributed by atoms with E-state index < -0.39 is 6.10 Å². The van der Waals surface area contributed by atoms with Gasteiger partial charge >= 0.3 is 6.03 Å². The molecular weight excluding hydrogens is 254 g/mol. The summed E-state index contributed by atoms with van der Waals surface area (Å²) in [5.74, 6) is 0. The highest BCUT2D eigenvalue weighted by Gasteiger charge is 2.28. The molecule has 0 aromatic carbocycles. The Hall–Kier alpha value is -1.33. The molecule has 1 aromatic rings. The number of likely N-dealkylation sites (tertiary alicyclic amines) is 1. The van der Waals surface area contributed by atoms with Gasteiger partial charge in [-0.25, -0.2) is 9.78 Å². The van der Waals surface area contributed by atoms with Crippen LogP contribution in [0.5, 0.6) is 0 Å². The fourth-order valence-corrected chi connectivity index (χ4v) is 2.24. The first-order valence-electron chi connectivity index (χ1n) is 5.98. The van der Waals surface area contributed by atoms with Crippen LogP contribution in [0.25, 0.3) is 0 Å². The third kappa shape index (κ3) is 2.73. The van der Waals surface area contributed by atoms with Gasteiger partial charge in [-0.2, -0.15) is 0 Å². The van der Waals surface area contributed by atoms with Crippen LogP contribution in [0.1, 0.15) is 13.3 Å². The lowest BCUT2D eigenvalue weighted by Gasteiger charge is -2.26. The fourth-order valence-electron chi connectivity index (χ4n) is 2.07. The first-order valence-corrected chi connectivity index (χ1v) is 6.35. The second kappa shape index (κ2) is 5.54. The Kier molecular flexibility index (Phi) is 4.04. The van der Waals surface area contributed by atoms with Gasteiger partial charge in [0.25, 0.3) is 0 Å². The van der Waals surface area contributed by atoms with Gasteiger partial charge in [0.2, 0.25) is 0 Å². The Bertz CT molecular complexity index is 441. The number of nitrogens with zero attached hydrogens (tertiary/aromatic N) is 3. The standard InChI is InChI=1S/C12H16ClN3O2/c1-2-16(9-3-5-14-11(13)7-9)12(18)15-6-4-10(17)8-15/h3,5,7,10,17H,2,4,6,8H2,1H3/t10-/m1/s1. The zero-order valence-electron chi connectivity index (χ0n) is 10.2. The molecule has 0 bridgehead atoms. The number of hydrogen-bond donors (Lipinski definition) is 1. The molecule has 1 N–H and O–H groups in total. The summed E-state index contributed by atoms with van der Waals surface area (Å²) in [5, 5.41) is 9.84. The first kappa shape index (κ1) is 13.1. The van der Waals surface area contributed by atoms with Crippen LogP contribution in [0.2, 0.25) is 5.15 Å². The quantitative estimate of drug-likeness (QED) is 0.832. The fraction of sp³-hybridized carbons (Fsp3) is 0.500. The molecule has 1 saturated heterocycles. The average Bonchev–Trinajstić information content (AvgIpc) is 2.77. The van der Waals surface area contributed by atoms with Crippen LogP contribution in [0.3, 0.4) is 0 Å². The number of pyridine rings is 1. The van der Waals surface area contributed by atoms with E-state index in [4.69, 9.17) is 11.6 Å². The topological polar surface area (TPSA) is 56.7 Å². The maximum atomic E-state index is 12.3. The minimum atomic E-state index is -0.409. The van der Waals surface area contributed by atoms with Crippen molar-refractivity contribution in [2.75, 3.05) is 24.5 Å². The Morgan fingerprint density at radius 3 is 3.06 bits per heavy atom. The maximum absolute atomic E-state index is 12.3. The van der Waals surface area contributed by atoms with Gasteiger partial charge in [0.1, 0.15) is 5.15 Å². The number of hydrogen-bond acceptors (Lipinski definition) is 3. The summed E-state index contributed by atoms with van der Waals surface area (Å²) in [5.41, 5.74) is 0.726. The van der Waals surface area contributed by atoms with Gasteiger partial charge in [-0.05, 0) is 25.5 Å². The largest absolute Gasteiger partial charge is 0.391 e. The molecule has 0 saturated carbocycles. The van der Waals surface area contributed by atoms with Crippen molar-refractivity contribution < 1.29 is 9.90 Å². The lowest BCUT2D eigenvalue weighted by atomic mass is 10.3. The number of amides is 2. The van der Waals surface area contributed by atoms with E-state index in [9.17, 15) is 9.90 Å². The number of β-amino-alcohol motifs (C(OH)–C–C–N with tert-alkyl or cyclic N) is 1. The molecule has 0 aliphatic carbocycles. The summed E-state index contributed by atoms with van der Waals surface area (Å²) in [4.78, 5) is 19.5. The number of carbonyl (C=O) groups is 1. The van der Waals surface area contributed by atoms with E-state index in [-0.39, 0.29) is 6.03 Å². The van der Waals surface area contributed by atoms with Crippen molar-refractivity contribution in [3.63, 3.8) is 0 Å². The second-order valence-electron chi connectivity index (χ2n) is 4.25. The van der Waals surface area contributed by atoms with Gasteiger partial charge in [0.05, 0.1) is 6.10 Å². The van der Waals surface area contributed by atoms with Gasteiger partial charge in [0.15, 0.2) is 0 Å². The molecular formula is C12H16ClN3O2. The Labute approximate surface area is 111 Å². The summed E-state index contributed by atoms with van der Waals surface area (Å²) in [7, 11) is 0. The third-order valence-corrected chi connectivity index (χ3v) is 3.21. The molecule has 1 aliphatic rings. The molecule has 2 heterocycles. The number of aliphatic hydroxyl groups excluding tert-OH is 1. The minimum absolute atomic E-state index is 0.101.